The molecule has 0 aliphatic heterocycles. The van der Waals surface area contributed by atoms with Gasteiger partial charge in [0.15, 0.2) is 0 Å². The number of benzene rings is 1. The van der Waals surface area contributed by atoms with Gasteiger partial charge in [-0.15, -0.1) is 0 Å². The zero-order valence-electron chi connectivity index (χ0n) is 11.9. The van der Waals surface area contributed by atoms with Crippen molar-refractivity contribution in [2.75, 3.05) is 5.32 Å². The van der Waals surface area contributed by atoms with E-state index in [1.165, 1.54) is 16.3 Å². The molecular formula is C14H14N6OS. The lowest BCUT2D eigenvalue weighted by Crippen LogP contribution is -2.15. The van der Waals surface area contributed by atoms with E-state index >= 15 is 0 Å². The average molecular weight is 314 g/mol. The second kappa shape index (κ2) is 6.44. The highest BCUT2D eigenvalue weighted by Crippen LogP contribution is 2.10. The molecule has 0 spiro atoms. The summed E-state index contributed by atoms with van der Waals surface area (Å²) in [5.41, 5.74) is 1.44. The standard InChI is InChI=1S/C14H14N6OS/c1-2-13-17-14(19-22-13)16-12(21)8-10-9-15-20(18-10)11-6-4-3-5-7-11/h3-7,9H,2,8H2,1H3,(H,16,19,21). The fourth-order valence-electron chi connectivity index (χ4n) is 1.84. The lowest BCUT2D eigenvalue weighted by atomic mass is 10.3. The van der Waals surface area contributed by atoms with Crippen molar-refractivity contribution in [1.82, 2.24) is 24.4 Å². The van der Waals surface area contributed by atoms with Gasteiger partial charge >= 0.3 is 0 Å². The third-order valence-electron chi connectivity index (χ3n) is 2.89. The highest BCUT2D eigenvalue weighted by Gasteiger charge is 2.11. The van der Waals surface area contributed by atoms with E-state index in [4.69, 9.17) is 0 Å². The number of para-hydroxylation sites is 1. The van der Waals surface area contributed by atoms with E-state index in [-0.39, 0.29) is 12.3 Å². The largest absolute Gasteiger partial charge is 0.293 e. The van der Waals surface area contributed by atoms with Crippen LogP contribution < -0.4 is 5.32 Å². The Morgan fingerprint density at radius 2 is 2.14 bits per heavy atom. The zero-order valence-corrected chi connectivity index (χ0v) is 12.7. The van der Waals surface area contributed by atoms with Gasteiger partial charge < -0.3 is 0 Å². The minimum absolute atomic E-state index is 0.132. The first-order chi connectivity index (χ1) is 10.7. The molecule has 112 valence electrons. The average Bonchev–Trinajstić information content (AvgIpc) is 3.17. The smallest absolute Gasteiger partial charge is 0.241 e. The highest BCUT2D eigenvalue weighted by molar-refractivity contribution is 7.05. The maximum Gasteiger partial charge on any atom is 0.241 e. The van der Waals surface area contributed by atoms with Gasteiger partial charge in [0.2, 0.25) is 11.9 Å². The number of anilines is 1. The molecule has 0 saturated carbocycles. The SMILES string of the molecule is CCc1nc(NC(=O)Cc2cnn(-c3ccccc3)n2)ns1. The van der Waals surface area contributed by atoms with Crippen LogP contribution in [0.15, 0.2) is 36.5 Å². The van der Waals surface area contributed by atoms with E-state index < -0.39 is 0 Å². The summed E-state index contributed by atoms with van der Waals surface area (Å²) in [6, 6.07) is 9.53. The lowest BCUT2D eigenvalue weighted by molar-refractivity contribution is -0.115. The predicted octanol–water partition coefficient (Wildman–Crippen LogP) is 1.86. The van der Waals surface area contributed by atoms with Gasteiger partial charge in [0.1, 0.15) is 5.01 Å². The van der Waals surface area contributed by atoms with E-state index in [0.29, 0.717) is 11.6 Å². The maximum atomic E-state index is 12.0. The van der Waals surface area contributed by atoms with Crippen LogP contribution in [0, 0.1) is 0 Å². The number of nitrogens with one attached hydrogen (secondary N) is 1. The number of aromatic nitrogens is 5. The first kappa shape index (κ1) is 14.3. The summed E-state index contributed by atoms with van der Waals surface area (Å²) in [7, 11) is 0. The van der Waals surface area contributed by atoms with Crippen molar-refractivity contribution in [3.05, 3.63) is 47.2 Å². The number of hydrogen-bond acceptors (Lipinski definition) is 6. The summed E-state index contributed by atoms with van der Waals surface area (Å²) >= 11 is 1.29. The summed E-state index contributed by atoms with van der Waals surface area (Å²) < 4.78 is 4.08. The van der Waals surface area contributed by atoms with Crippen molar-refractivity contribution < 1.29 is 4.79 Å². The summed E-state index contributed by atoms with van der Waals surface area (Å²) in [5.74, 6) is 0.142. The fourth-order valence-corrected chi connectivity index (χ4v) is 2.38. The van der Waals surface area contributed by atoms with E-state index in [9.17, 15) is 4.79 Å². The molecule has 1 N–H and O–H groups in total. The van der Waals surface area contributed by atoms with Crippen LogP contribution in [-0.4, -0.2) is 30.3 Å². The van der Waals surface area contributed by atoms with E-state index in [1.807, 2.05) is 37.3 Å². The highest BCUT2D eigenvalue weighted by atomic mass is 32.1. The first-order valence-electron chi connectivity index (χ1n) is 6.83. The minimum Gasteiger partial charge on any atom is -0.293 e. The monoisotopic (exact) mass is 314 g/mol. The molecule has 0 fully saturated rings. The van der Waals surface area contributed by atoms with E-state index in [1.54, 1.807) is 6.20 Å². The van der Waals surface area contributed by atoms with Crippen molar-refractivity contribution in [2.24, 2.45) is 0 Å². The third-order valence-corrected chi connectivity index (χ3v) is 3.74. The zero-order chi connectivity index (χ0) is 15.4. The number of nitrogens with zero attached hydrogens (tertiary/aromatic N) is 5. The number of carbonyl (C=O) groups is 1. The van der Waals surface area contributed by atoms with Gasteiger partial charge in [-0.25, -0.2) is 4.98 Å². The number of amides is 1. The molecule has 22 heavy (non-hydrogen) atoms. The summed E-state index contributed by atoms with van der Waals surface area (Å²) in [4.78, 5) is 17.7. The molecule has 0 saturated heterocycles. The van der Waals surface area contributed by atoms with Gasteiger partial charge in [-0.1, -0.05) is 25.1 Å². The molecule has 3 rings (SSSR count). The Labute approximate surface area is 131 Å². The second-order valence-corrected chi connectivity index (χ2v) is 5.39. The Kier molecular flexibility index (Phi) is 4.19. The maximum absolute atomic E-state index is 12.0. The molecule has 0 unspecified atom stereocenters. The van der Waals surface area contributed by atoms with Crippen LogP contribution in [0.5, 0.6) is 0 Å². The Balaban J connectivity index is 1.63. The van der Waals surface area contributed by atoms with Gasteiger partial charge in [0, 0.05) is 0 Å². The third kappa shape index (κ3) is 3.34. The van der Waals surface area contributed by atoms with Crippen LogP contribution in [0.1, 0.15) is 17.6 Å². The summed E-state index contributed by atoms with van der Waals surface area (Å²) in [6.07, 6.45) is 2.52. The van der Waals surface area contributed by atoms with Crippen LogP contribution in [0.4, 0.5) is 5.95 Å². The normalized spacial score (nSPS) is 10.6. The lowest BCUT2D eigenvalue weighted by Gasteiger charge is -1.99. The molecule has 0 aliphatic rings. The molecule has 0 atom stereocenters. The van der Waals surface area contributed by atoms with Crippen molar-refractivity contribution >= 4 is 23.4 Å². The topological polar surface area (TPSA) is 85.6 Å². The predicted molar refractivity (Wildman–Crippen MR) is 83.0 cm³/mol. The molecule has 0 radical (unpaired) electrons. The van der Waals surface area contributed by atoms with Crippen LogP contribution in [0.3, 0.4) is 0 Å². The molecule has 1 aromatic carbocycles. The van der Waals surface area contributed by atoms with Crippen LogP contribution >= 0.6 is 11.5 Å². The molecule has 3 aromatic rings. The Morgan fingerprint density at radius 1 is 1.32 bits per heavy atom. The fraction of sp³-hybridized carbons (Fsp3) is 0.214. The van der Waals surface area contributed by atoms with Gasteiger partial charge in [-0.2, -0.15) is 19.4 Å². The van der Waals surface area contributed by atoms with Gasteiger partial charge in [0.05, 0.1) is 24.0 Å². The molecule has 0 bridgehead atoms. The van der Waals surface area contributed by atoms with Crippen LogP contribution in [0.2, 0.25) is 0 Å². The Bertz CT molecular complexity index is 767. The van der Waals surface area contributed by atoms with E-state index in [2.05, 4.69) is 24.9 Å². The van der Waals surface area contributed by atoms with Gasteiger partial charge in [0.25, 0.3) is 0 Å². The molecule has 7 nitrogen and oxygen atoms in total. The van der Waals surface area contributed by atoms with Crippen LogP contribution in [-0.2, 0) is 17.6 Å². The van der Waals surface area contributed by atoms with Gasteiger partial charge in [-0.05, 0) is 30.1 Å². The molecule has 8 heteroatoms. The summed E-state index contributed by atoms with van der Waals surface area (Å²) in [6.45, 7) is 1.99. The number of hydrogen-bond donors (Lipinski definition) is 1. The Hall–Kier alpha value is -2.61. The molecule has 2 aromatic heterocycles. The molecule has 0 aliphatic carbocycles. The molecule has 1 amide bonds. The van der Waals surface area contributed by atoms with Crippen molar-refractivity contribution in [1.29, 1.82) is 0 Å². The number of aryl methyl sites for hydroxylation is 1. The van der Waals surface area contributed by atoms with E-state index in [0.717, 1.165) is 17.1 Å². The summed E-state index contributed by atoms with van der Waals surface area (Å²) in [5, 5.41) is 12.0. The molecular weight excluding hydrogens is 300 g/mol. The van der Waals surface area contributed by atoms with Crippen LogP contribution in [0.25, 0.3) is 5.69 Å². The van der Waals surface area contributed by atoms with Crippen molar-refractivity contribution in [3.8, 4) is 5.69 Å². The molecule has 2 heterocycles. The van der Waals surface area contributed by atoms with Crippen molar-refractivity contribution in [3.63, 3.8) is 0 Å². The first-order valence-corrected chi connectivity index (χ1v) is 7.61. The second-order valence-electron chi connectivity index (χ2n) is 4.55. The van der Waals surface area contributed by atoms with Gasteiger partial charge in [-0.3, -0.25) is 10.1 Å². The number of rotatable bonds is 5. The minimum atomic E-state index is -0.208. The Morgan fingerprint density at radius 3 is 2.86 bits per heavy atom. The number of carbonyl (C=O) groups excluding carboxylic acids is 1. The quantitative estimate of drug-likeness (QED) is 0.777. The van der Waals surface area contributed by atoms with Crippen molar-refractivity contribution in [2.45, 2.75) is 19.8 Å².